The Labute approximate surface area is 122 Å². The molecule has 4 nitrogen and oxygen atoms in total. The van der Waals surface area contributed by atoms with Gasteiger partial charge in [0, 0.05) is 11.6 Å². The van der Waals surface area contributed by atoms with Gasteiger partial charge in [0.2, 0.25) is 0 Å². The molecule has 0 spiro atoms. The number of fused-ring (bicyclic) bond motifs is 1. The predicted molar refractivity (Wildman–Crippen MR) is 80.1 cm³/mol. The third-order valence-electron chi connectivity index (χ3n) is 3.73. The van der Waals surface area contributed by atoms with E-state index < -0.39 is 11.9 Å². The van der Waals surface area contributed by atoms with E-state index in [1.807, 2.05) is 36.4 Å². The fourth-order valence-corrected chi connectivity index (χ4v) is 2.57. The van der Waals surface area contributed by atoms with E-state index in [4.69, 9.17) is 5.11 Å². The number of carbonyl (C=O) groups is 2. The molecule has 2 N–H and O–H groups in total. The maximum Gasteiger partial charge on any atom is 0.310 e. The van der Waals surface area contributed by atoms with Gasteiger partial charge in [0.1, 0.15) is 0 Å². The van der Waals surface area contributed by atoms with Crippen molar-refractivity contribution in [2.45, 2.75) is 12.5 Å². The lowest BCUT2D eigenvalue weighted by Gasteiger charge is -2.12. The minimum absolute atomic E-state index is 0.179. The molecule has 1 aliphatic rings. The molecule has 0 aliphatic heterocycles. The zero-order chi connectivity index (χ0) is 14.8. The number of carbonyl (C=O) groups excluding carboxylic acids is 1. The number of hydrogen-bond donors (Lipinski definition) is 2. The number of hydrogen-bond acceptors (Lipinski definition) is 2. The van der Waals surface area contributed by atoms with Crippen LogP contribution in [0.3, 0.4) is 0 Å². The first-order valence-corrected chi connectivity index (χ1v) is 6.84. The summed E-state index contributed by atoms with van der Waals surface area (Å²) in [7, 11) is 0. The molecular formula is C17H15NO3. The van der Waals surface area contributed by atoms with Crippen LogP contribution in [-0.4, -0.2) is 23.0 Å². The van der Waals surface area contributed by atoms with Gasteiger partial charge < -0.3 is 10.4 Å². The minimum Gasteiger partial charge on any atom is -0.481 e. The number of rotatable bonds is 3. The summed E-state index contributed by atoms with van der Waals surface area (Å²) in [6.07, 6.45) is 3.79. The van der Waals surface area contributed by atoms with Crippen molar-refractivity contribution in [2.75, 3.05) is 0 Å². The first-order chi connectivity index (χ1) is 10.1. The largest absolute Gasteiger partial charge is 0.481 e. The molecule has 0 radical (unpaired) electrons. The number of carboxylic acids is 1. The molecule has 1 aliphatic carbocycles. The minimum atomic E-state index is -0.853. The maximum atomic E-state index is 12.2. The molecule has 0 heterocycles. The molecule has 0 saturated heterocycles. The van der Waals surface area contributed by atoms with Gasteiger partial charge in [-0.25, -0.2) is 0 Å². The second-order valence-electron chi connectivity index (χ2n) is 5.21. The van der Waals surface area contributed by atoms with Crippen molar-refractivity contribution in [2.24, 2.45) is 5.92 Å². The lowest BCUT2D eigenvalue weighted by Crippen LogP contribution is -2.33. The topological polar surface area (TPSA) is 66.4 Å². The highest BCUT2D eigenvalue weighted by Gasteiger charge is 2.25. The van der Waals surface area contributed by atoms with Gasteiger partial charge in [-0.15, -0.1) is 0 Å². The predicted octanol–water partition coefficient (Wildman–Crippen LogP) is 2.60. The first-order valence-electron chi connectivity index (χ1n) is 6.84. The van der Waals surface area contributed by atoms with Crippen LogP contribution in [0.5, 0.6) is 0 Å². The van der Waals surface area contributed by atoms with Gasteiger partial charge in [0.25, 0.3) is 5.91 Å². The SMILES string of the molecule is O=C(NC1C=CC(C(=O)O)C1)c1ccc2ccccc2c1. The molecular weight excluding hydrogens is 266 g/mol. The van der Waals surface area contributed by atoms with Crippen LogP contribution in [0.1, 0.15) is 16.8 Å². The highest BCUT2D eigenvalue weighted by atomic mass is 16.4. The maximum absolute atomic E-state index is 12.2. The summed E-state index contributed by atoms with van der Waals surface area (Å²) in [6.45, 7) is 0. The quantitative estimate of drug-likeness (QED) is 0.850. The Morgan fingerprint density at radius 1 is 1.05 bits per heavy atom. The van der Waals surface area contributed by atoms with Crippen molar-refractivity contribution in [3.63, 3.8) is 0 Å². The molecule has 2 aromatic rings. The lowest BCUT2D eigenvalue weighted by atomic mass is 10.1. The van der Waals surface area contributed by atoms with Gasteiger partial charge in [0.05, 0.1) is 5.92 Å². The molecule has 1 amide bonds. The monoisotopic (exact) mass is 281 g/mol. The van der Waals surface area contributed by atoms with Gasteiger partial charge in [-0.3, -0.25) is 9.59 Å². The molecule has 2 atom stereocenters. The van der Waals surface area contributed by atoms with Gasteiger partial charge in [-0.05, 0) is 29.3 Å². The molecule has 106 valence electrons. The lowest BCUT2D eigenvalue weighted by molar-refractivity contribution is -0.140. The van der Waals surface area contributed by atoms with E-state index in [2.05, 4.69) is 5.32 Å². The molecule has 21 heavy (non-hydrogen) atoms. The molecule has 0 saturated carbocycles. The summed E-state index contributed by atoms with van der Waals surface area (Å²) in [5.41, 5.74) is 0.584. The molecule has 2 aromatic carbocycles. The Balaban J connectivity index is 1.73. The van der Waals surface area contributed by atoms with E-state index >= 15 is 0 Å². The molecule has 0 bridgehead atoms. The van der Waals surface area contributed by atoms with Crippen LogP contribution in [0.4, 0.5) is 0 Å². The first kappa shape index (κ1) is 13.4. The zero-order valence-corrected chi connectivity index (χ0v) is 11.3. The fourth-order valence-electron chi connectivity index (χ4n) is 2.57. The highest BCUT2D eigenvalue weighted by molar-refractivity contribution is 5.98. The van der Waals surface area contributed by atoms with Crippen molar-refractivity contribution in [1.82, 2.24) is 5.32 Å². The van der Waals surface area contributed by atoms with E-state index in [9.17, 15) is 9.59 Å². The number of nitrogens with one attached hydrogen (secondary N) is 1. The Kier molecular flexibility index (Phi) is 3.44. The van der Waals surface area contributed by atoms with E-state index in [1.54, 1.807) is 18.2 Å². The molecule has 4 heteroatoms. The number of amides is 1. The highest BCUT2D eigenvalue weighted by Crippen LogP contribution is 2.19. The van der Waals surface area contributed by atoms with Crippen LogP contribution in [0.15, 0.2) is 54.6 Å². The van der Waals surface area contributed by atoms with Gasteiger partial charge in [-0.2, -0.15) is 0 Å². The third-order valence-corrected chi connectivity index (χ3v) is 3.73. The molecule has 0 fully saturated rings. The summed E-state index contributed by atoms with van der Waals surface area (Å²) < 4.78 is 0. The fraction of sp³-hybridized carbons (Fsp3) is 0.176. The average Bonchev–Trinajstić information content (AvgIpc) is 2.95. The van der Waals surface area contributed by atoms with Crippen molar-refractivity contribution < 1.29 is 14.7 Å². The Bertz CT molecular complexity index is 736. The number of benzene rings is 2. The smallest absolute Gasteiger partial charge is 0.310 e. The van der Waals surface area contributed by atoms with E-state index in [0.717, 1.165) is 10.8 Å². The zero-order valence-electron chi connectivity index (χ0n) is 11.3. The van der Waals surface area contributed by atoms with Gasteiger partial charge in [-0.1, -0.05) is 42.5 Å². The normalized spacial score (nSPS) is 20.6. The standard InChI is InChI=1S/C17H15NO3/c19-16(18-15-8-7-14(10-15)17(20)21)13-6-5-11-3-1-2-4-12(11)9-13/h1-9,14-15H,10H2,(H,18,19)(H,20,21). The van der Waals surface area contributed by atoms with Crippen molar-refractivity contribution in [3.8, 4) is 0 Å². The van der Waals surface area contributed by atoms with Crippen LogP contribution in [-0.2, 0) is 4.79 Å². The third kappa shape index (κ3) is 2.79. The van der Waals surface area contributed by atoms with Crippen LogP contribution in [0.25, 0.3) is 10.8 Å². The second kappa shape index (κ2) is 5.40. The Morgan fingerprint density at radius 2 is 1.81 bits per heavy atom. The molecule has 0 aromatic heterocycles. The van der Waals surface area contributed by atoms with E-state index in [1.165, 1.54) is 0 Å². The number of carboxylic acid groups (broad SMARTS) is 1. The average molecular weight is 281 g/mol. The molecule has 3 rings (SSSR count). The van der Waals surface area contributed by atoms with Gasteiger partial charge >= 0.3 is 5.97 Å². The van der Waals surface area contributed by atoms with Crippen LogP contribution < -0.4 is 5.32 Å². The van der Waals surface area contributed by atoms with Crippen molar-refractivity contribution in [3.05, 3.63) is 60.2 Å². The molecule has 2 unspecified atom stereocenters. The van der Waals surface area contributed by atoms with Crippen molar-refractivity contribution >= 4 is 22.6 Å². The summed E-state index contributed by atoms with van der Waals surface area (Å²) >= 11 is 0. The van der Waals surface area contributed by atoms with E-state index in [-0.39, 0.29) is 11.9 Å². The van der Waals surface area contributed by atoms with Crippen molar-refractivity contribution in [1.29, 1.82) is 0 Å². The summed E-state index contributed by atoms with van der Waals surface area (Å²) in [4.78, 5) is 23.1. The Morgan fingerprint density at radius 3 is 2.52 bits per heavy atom. The van der Waals surface area contributed by atoms with Crippen LogP contribution in [0.2, 0.25) is 0 Å². The Hall–Kier alpha value is -2.62. The summed E-state index contributed by atoms with van der Waals surface area (Å²) in [6, 6.07) is 13.2. The van der Waals surface area contributed by atoms with E-state index in [0.29, 0.717) is 12.0 Å². The number of aliphatic carboxylic acids is 1. The summed E-state index contributed by atoms with van der Waals surface area (Å²) in [5, 5.41) is 13.9. The van der Waals surface area contributed by atoms with Crippen LogP contribution >= 0.6 is 0 Å². The second-order valence-corrected chi connectivity index (χ2v) is 5.21. The van der Waals surface area contributed by atoms with Gasteiger partial charge in [0.15, 0.2) is 0 Å². The summed E-state index contributed by atoms with van der Waals surface area (Å²) in [5.74, 6) is -1.54. The van der Waals surface area contributed by atoms with Crippen LogP contribution in [0, 0.1) is 5.92 Å².